The molecular weight excluding hydrogens is 232 g/mol. The van der Waals surface area contributed by atoms with Crippen LogP contribution in [0, 0.1) is 0 Å². The minimum atomic E-state index is 0.579. The summed E-state index contributed by atoms with van der Waals surface area (Å²) in [5.41, 5.74) is 0. The van der Waals surface area contributed by atoms with E-state index in [1.54, 1.807) is 11.3 Å². The Bertz CT molecular complexity index is 442. The zero-order valence-corrected chi connectivity index (χ0v) is 10.7. The number of nitrogens with one attached hydrogen (secondary N) is 1. The monoisotopic (exact) mass is 248 g/mol. The molecule has 3 nitrogen and oxygen atoms in total. The van der Waals surface area contributed by atoms with E-state index in [1.807, 2.05) is 36.5 Å². The molecule has 0 saturated heterocycles. The van der Waals surface area contributed by atoms with Crippen LogP contribution in [0.25, 0.3) is 0 Å². The Hall–Kier alpha value is -1.55. The Morgan fingerprint density at radius 3 is 2.88 bits per heavy atom. The summed E-state index contributed by atoms with van der Waals surface area (Å²) in [4.78, 5) is 5.43. The number of ether oxygens (including phenoxy) is 1. The van der Waals surface area contributed by atoms with E-state index in [1.165, 1.54) is 0 Å². The molecule has 0 spiro atoms. The molecule has 1 aromatic heterocycles. The van der Waals surface area contributed by atoms with Crippen LogP contribution in [0.4, 0.5) is 5.13 Å². The fourth-order valence-corrected chi connectivity index (χ4v) is 2.11. The van der Waals surface area contributed by atoms with Gasteiger partial charge < -0.3 is 10.1 Å². The maximum absolute atomic E-state index is 5.65. The molecule has 1 aromatic carbocycles. The van der Waals surface area contributed by atoms with E-state index in [0.29, 0.717) is 6.61 Å². The van der Waals surface area contributed by atoms with Crippen molar-refractivity contribution in [1.82, 2.24) is 4.98 Å². The topological polar surface area (TPSA) is 34.2 Å². The maximum atomic E-state index is 5.65. The number of para-hydroxylation sites is 1. The minimum absolute atomic E-state index is 0.579. The molecule has 2 rings (SSSR count). The number of hydrogen-bond acceptors (Lipinski definition) is 4. The van der Waals surface area contributed by atoms with Gasteiger partial charge in [0.15, 0.2) is 5.13 Å². The van der Waals surface area contributed by atoms with Crippen LogP contribution >= 0.6 is 11.3 Å². The number of anilines is 1. The number of rotatable bonds is 6. The van der Waals surface area contributed by atoms with Gasteiger partial charge in [-0.05, 0) is 18.6 Å². The van der Waals surface area contributed by atoms with Gasteiger partial charge >= 0.3 is 0 Å². The van der Waals surface area contributed by atoms with Crippen molar-refractivity contribution < 1.29 is 4.74 Å². The standard InChI is InChI=1S/C13H16N2OS/c1-2-8-14-13-15-9-12(17-13)10-16-11-6-4-3-5-7-11/h3-7,9H,2,8,10H2,1H3,(H,14,15). The van der Waals surface area contributed by atoms with Crippen molar-refractivity contribution in [2.45, 2.75) is 20.0 Å². The average molecular weight is 248 g/mol. The Labute approximate surface area is 105 Å². The lowest BCUT2D eigenvalue weighted by molar-refractivity contribution is 0.309. The lowest BCUT2D eigenvalue weighted by atomic mass is 10.3. The molecule has 0 aliphatic heterocycles. The number of aromatic nitrogens is 1. The number of thiazole rings is 1. The first kappa shape index (κ1) is 11.9. The van der Waals surface area contributed by atoms with Gasteiger partial charge in [-0.25, -0.2) is 4.98 Å². The second kappa shape index (κ2) is 6.25. The van der Waals surface area contributed by atoms with Gasteiger partial charge in [0.2, 0.25) is 0 Å². The molecule has 4 heteroatoms. The molecule has 0 fully saturated rings. The molecule has 0 aliphatic carbocycles. The van der Waals surface area contributed by atoms with Crippen LogP contribution in [-0.4, -0.2) is 11.5 Å². The Morgan fingerprint density at radius 2 is 2.12 bits per heavy atom. The van der Waals surface area contributed by atoms with Crippen molar-refractivity contribution >= 4 is 16.5 Å². The molecule has 0 unspecified atom stereocenters. The molecule has 1 heterocycles. The van der Waals surface area contributed by atoms with E-state index < -0.39 is 0 Å². The Kier molecular flexibility index (Phi) is 4.38. The first-order valence-corrected chi connectivity index (χ1v) is 6.56. The summed E-state index contributed by atoms with van der Waals surface area (Å²) in [6, 6.07) is 9.83. The number of hydrogen-bond donors (Lipinski definition) is 1. The van der Waals surface area contributed by atoms with Gasteiger partial charge in [0, 0.05) is 12.7 Å². The fraction of sp³-hybridized carbons (Fsp3) is 0.308. The zero-order chi connectivity index (χ0) is 11.9. The van der Waals surface area contributed by atoms with Crippen LogP contribution < -0.4 is 10.1 Å². The maximum Gasteiger partial charge on any atom is 0.182 e. The SMILES string of the molecule is CCCNc1ncc(COc2ccccc2)s1. The van der Waals surface area contributed by atoms with Crippen molar-refractivity contribution in [3.63, 3.8) is 0 Å². The van der Waals surface area contributed by atoms with Crippen molar-refractivity contribution in [3.05, 3.63) is 41.4 Å². The lowest BCUT2D eigenvalue weighted by Crippen LogP contribution is -1.97. The van der Waals surface area contributed by atoms with Crippen molar-refractivity contribution in [1.29, 1.82) is 0 Å². The molecule has 90 valence electrons. The smallest absolute Gasteiger partial charge is 0.182 e. The lowest BCUT2D eigenvalue weighted by Gasteiger charge is -2.02. The fourth-order valence-electron chi connectivity index (χ4n) is 1.36. The molecule has 0 bridgehead atoms. The molecule has 17 heavy (non-hydrogen) atoms. The van der Waals surface area contributed by atoms with Crippen molar-refractivity contribution in [2.75, 3.05) is 11.9 Å². The summed E-state index contributed by atoms with van der Waals surface area (Å²) >= 11 is 1.64. The third kappa shape index (κ3) is 3.75. The molecule has 1 N–H and O–H groups in total. The van der Waals surface area contributed by atoms with E-state index in [9.17, 15) is 0 Å². The van der Waals surface area contributed by atoms with Crippen LogP contribution in [0.2, 0.25) is 0 Å². The van der Waals surface area contributed by atoms with Crippen LogP contribution in [-0.2, 0) is 6.61 Å². The van der Waals surface area contributed by atoms with Gasteiger partial charge in [-0.1, -0.05) is 36.5 Å². The van der Waals surface area contributed by atoms with Gasteiger partial charge in [-0.3, -0.25) is 0 Å². The van der Waals surface area contributed by atoms with E-state index in [-0.39, 0.29) is 0 Å². The first-order valence-electron chi connectivity index (χ1n) is 5.75. The quantitative estimate of drug-likeness (QED) is 0.849. The van der Waals surface area contributed by atoms with Crippen LogP contribution in [0.5, 0.6) is 5.75 Å². The van der Waals surface area contributed by atoms with E-state index in [0.717, 1.165) is 28.7 Å². The van der Waals surface area contributed by atoms with E-state index >= 15 is 0 Å². The Balaban J connectivity index is 1.85. The molecule has 0 atom stereocenters. The summed E-state index contributed by atoms with van der Waals surface area (Å²) in [5.74, 6) is 0.893. The van der Waals surface area contributed by atoms with Crippen molar-refractivity contribution in [3.8, 4) is 5.75 Å². The summed E-state index contributed by atoms with van der Waals surface area (Å²) in [5, 5.41) is 4.24. The highest BCUT2D eigenvalue weighted by Gasteiger charge is 2.01. The summed E-state index contributed by atoms with van der Waals surface area (Å²) in [6.45, 7) is 3.68. The van der Waals surface area contributed by atoms with Gasteiger partial charge in [-0.2, -0.15) is 0 Å². The largest absolute Gasteiger partial charge is 0.488 e. The van der Waals surface area contributed by atoms with Crippen molar-refractivity contribution in [2.24, 2.45) is 0 Å². The van der Waals surface area contributed by atoms with Crippen LogP contribution in [0.15, 0.2) is 36.5 Å². The number of benzene rings is 1. The Morgan fingerprint density at radius 1 is 1.29 bits per heavy atom. The second-order valence-corrected chi connectivity index (χ2v) is 4.78. The van der Waals surface area contributed by atoms with E-state index in [2.05, 4.69) is 17.2 Å². The van der Waals surface area contributed by atoms with Crippen LogP contribution in [0.1, 0.15) is 18.2 Å². The second-order valence-electron chi connectivity index (χ2n) is 3.66. The van der Waals surface area contributed by atoms with Gasteiger partial charge in [-0.15, -0.1) is 0 Å². The molecular formula is C13H16N2OS. The molecule has 0 radical (unpaired) electrons. The van der Waals surface area contributed by atoms with Gasteiger partial charge in [0.1, 0.15) is 12.4 Å². The molecule has 0 saturated carbocycles. The zero-order valence-electron chi connectivity index (χ0n) is 9.85. The highest BCUT2D eigenvalue weighted by atomic mass is 32.1. The highest BCUT2D eigenvalue weighted by molar-refractivity contribution is 7.15. The normalized spacial score (nSPS) is 10.2. The summed E-state index contributed by atoms with van der Waals surface area (Å²) in [7, 11) is 0. The van der Waals surface area contributed by atoms with E-state index in [4.69, 9.17) is 4.74 Å². The third-order valence-electron chi connectivity index (χ3n) is 2.20. The van der Waals surface area contributed by atoms with Gasteiger partial charge in [0.25, 0.3) is 0 Å². The number of nitrogens with zero attached hydrogens (tertiary/aromatic N) is 1. The van der Waals surface area contributed by atoms with Gasteiger partial charge in [0.05, 0.1) is 4.88 Å². The minimum Gasteiger partial charge on any atom is -0.488 e. The highest BCUT2D eigenvalue weighted by Crippen LogP contribution is 2.20. The predicted octanol–water partition coefficient (Wildman–Crippen LogP) is 3.54. The van der Waals surface area contributed by atoms with Crippen LogP contribution in [0.3, 0.4) is 0 Å². The summed E-state index contributed by atoms with van der Waals surface area (Å²) < 4.78 is 5.65. The molecule has 2 aromatic rings. The first-order chi connectivity index (χ1) is 8.38. The third-order valence-corrected chi connectivity index (χ3v) is 3.13. The molecule has 0 amide bonds. The summed E-state index contributed by atoms with van der Waals surface area (Å²) in [6.07, 6.45) is 2.97. The average Bonchev–Trinajstić information content (AvgIpc) is 2.83. The predicted molar refractivity (Wildman–Crippen MR) is 71.7 cm³/mol. The molecule has 0 aliphatic rings.